The van der Waals surface area contributed by atoms with Crippen LogP contribution in [0.25, 0.3) is 0 Å². The van der Waals surface area contributed by atoms with Gasteiger partial charge in [0.1, 0.15) is 0 Å². The molecule has 0 atom stereocenters. The molecular formula is C17H32O2S. The molecule has 0 aromatic carbocycles. The third-order valence-corrected chi connectivity index (χ3v) is 4.28. The smallest absolute Gasteiger partial charge is 0.328 e. The highest BCUT2D eigenvalue weighted by Gasteiger charge is 1.93. The number of aliphatic carboxylic acids is 1. The first-order chi connectivity index (χ1) is 9.77. The second-order valence-electron chi connectivity index (χ2n) is 5.40. The van der Waals surface area contributed by atoms with Crippen molar-refractivity contribution in [1.29, 1.82) is 0 Å². The molecule has 20 heavy (non-hydrogen) atoms. The highest BCUT2D eigenvalue weighted by molar-refractivity contribution is 8.02. The second kappa shape index (κ2) is 16.6. The molecule has 118 valence electrons. The summed E-state index contributed by atoms with van der Waals surface area (Å²) in [6.07, 6.45) is 17.6. The quantitative estimate of drug-likeness (QED) is 0.297. The van der Waals surface area contributed by atoms with Crippen LogP contribution in [-0.4, -0.2) is 16.8 Å². The van der Waals surface area contributed by atoms with Gasteiger partial charge in [-0.1, -0.05) is 77.6 Å². The average Bonchev–Trinajstić information content (AvgIpc) is 2.43. The number of thioether (sulfide) groups is 1. The Bertz CT molecular complexity index is 239. The Morgan fingerprint density at radius 3 is 1.75 bits per heavy atom. The molecular weight excluding hydrogens is 268 g/mol. The van der Waals surface area contributed by atoms with Gasteiger partial charge in [0.15, 0.2) is 0 Å². The standard InChI is InChI=1S/C17H32O2S/c1-2-3-4-5-6-7-8-9-10-11-12-13-15-20-16-14-17(18)19/h14,16H,2-13,15H2,1H3,(H,18,19). The molecule has 0 heterocycles. The van der Waals surface area contributed by atoms with Gasteiger partial charge in [-0.2, -0.15) is 0 Å². The van der Waals surface area contributed by atoms with Crippen LogP contribution in [-0.2, 0) is 4.79 Å². The van der Waals surface area contributed by atoms with Gasteiger partial charge in [0.05, 0.1) is 0 Å². The van der Waals surface area contributed by atoms with Crippen molar-refractivity contribution in [1.82, 2.24) is 0 Å². The summed E-state index contributed by atoms with van der Waals surface area (Å²) in [4.78, 5) is 10.2. The van der Waals surface area contributed by atoms with Crippen LogP contribution in [0.4, 0.5) is 0 Å². The van der Waals surface area contributed by atoms with E-state index in [1.54, 1.807) is 17.2 Å². The van der Waals surface area contributed by atoms with Crippen LogP contribution in [0.1, 0.15) is 84.0 Å². The number of rotatable bonds is 15. The van der Waals surface area contributed by atoms with E-state index in [2.05, 4.69) is 6.92 Å². The summed E-state index contributed by atoms with van der Waals surface area (Å²) in [5.41, 5.74) is 0. The first kappa shape index (κ1) is 19.6. The van der Waals surface area contributed by atoms with E-state index >= 15 is 0 Å². The van der Waals surface area contributed by atoms with Crippen molar-refractivity contribution in [2.24, 2.45) is 0 Å². The fraction of sp³-hybridized carbons (Fsp3) is 0.824. The highest BCUT2D eigenvalue weighted by atomic mass is 32.2. The lowest BCUT2D eigenvalue weighted by Crippen LogP contribution is -1.85. The summed E-state index contributed by atoms with van der Waals surface area (Å²) in [6.45, 7) is 2.26. The van der Waals surface area contributed by atoms with Crippen molar-refractivity contribution in [2.45, 2.75) is 84.0 Å². The van der Waals surface area contributed by atoms with E-state index in [0.717, 1.165) is 5.75 Å². The molecule has 0 radical (unpaired) electrons. The van der Waals surface area contributed by atoms with E-state index in [4.69, 9.17) is 5.11 Å². The van der Waals surface area contributed by atoms with Crippen molar-refractivity contribution in [3.8, 4) is 0 Å². The first-order valence-electron chi connectivity index (χ1n) is 8.28. The van der Waals surface area contributed by atoms with Crippen LogP contribution in [0.5, 0.6) is 0 Å². The number of carboxylic acid groups (broad SMARTS) is 1. The predicted molar refractivity (Wildman–Crippen MR) is 90.3 cm³/mol. The lowest BCUT2D eigenvalue weighted by Gasteiger charge is -2.02. The van der Waals surface area contributed by atoms with Crippen LogP contribution in [0.2, 0.25) is 0 Å². The molecule has 0 fully saturated rings. The average molecular weight is 301 g/mol. The van der Waals surface area contributed by atoms with Gasteiger partial charge >= 0.3 is 5.97 Å². The van der Waals surface area contributed by atoms with E-state index in [-0.39, 0.29) is 0 Å². The Kier molecular flexibility index (Phi) is 16.2. The van der Waals surface area contributed by atoms with E-state index in [0.29, 0.717) is 0 Å². The molecule has 0 aliphatic heterocycles. The van der Waals surface area contributed by atoms with Crippen LogP contribution < -0.4 is 0 Å². The molecule has 1 N–H and O–H groups in total. The summed E-state index contributed by atoms with van der Waals surface area (Å²) >= 11 is 1.60. The van der Waals surface area contributed by atoms with Crippen LogP contribution in [0, 0.1) is 0 Å². The molecule has 0 aromatic heterocycles. The normalized spacial score (nSPS) is 11.2. The molecule has 2 nitrogen and oxygen atoms in total. The van der Waals surface area contributed by atoms with Gasteiger partial charge in [-0.05, 0) is 17.6 Å². The van der Waals surface area contributed by atoms with Gasteiger partial charge in [-0.25, -0.2) is 4.79 Å². The van der Waals surface area contributed by atoms with Crippen molar-refractivity contribution in [2.75, 3.05) is 5.75 Å². The molecule has 0 spiro atoms. The number of hydrogen-bond donors (Lipinski definition) is 1. The SMILES string of the molecule is CCCCCCCCCCCCCCSC=CC(=O)O. The Labute approximate surface area is 129 Å². The molecule has 3 heteroatoms. The lowest BCUT2D eigenvalue weighted by molar-refractivity contribution is -0.131. The Hall–Kier alpha value is -0.440. The van der Waals surface area contributed by atoms with E-state index in [1.807, 2.05) is 0 Å². The summed E-state index contributed by atoms with van der Waals surface area (Å²) in [5, 5.41) is 10.1. The zero-order valence-electron chi connectivity index (χ0n) is 13.1. The molecule has 0 bridgehead atoms. The van der Waals surface area contributed by atoms with Gasteiger partial charge < -0.3 is 5.11 Å². The summed E-state index contributed by atoms with van der Waals surface area (Å²) < 4.78 is 0. The second-order valence-corrected chi connectivity index (χ2v) is 6.41. The van der Waals surface area contributed by atoms with Crippen LogP contribution in [0.15, 0.2) is 11.5 Å². The molecule has 0 saturated carbocycles. The minimum atomic E-state index is -0.854. The molecule has 0 rings (SSSR count). The molecule has 0 unspecified atom stereocenters. The third kappa shape index (κ3) is 17.6. The van der Waals surface area contributed by atoms with Crippen LogP contribution in [0.3, 0.4) is 0 Å². The fourth-order valence-corrected chi connectivity index (χ4v) is 2.92. The molecule has 0 saturated heterocycles. The van der Waals surface area contributed by atoms with Gasteiger partial charge in [0.25, 0.3) is 0 Å². The zero-order valence-corrected chi connectivity index (χ0v) is 13.9. The van der Waals surface area contributed by atoms with E-state index in [1.165, 1.54) is 83.1 Å². The maximum absolute atomic E-state index is 10.2. The Balaban J connectivity index is 3.01. The molecule has 0 aliphatic carbocycles. The summed E-state index contributed by atoms with van der Waals surface area (Å²) in [5.74, 6) is 0.188. The predicted octanol–water partition coefficient (Wildman–Crippen LogP) is 6.02. The maximum Gasteiger partial charge on any atom is 0.328 e. The molecule has 0 aliphatic rings. The number of hydrogen-bond acceptors (Lipinski definition) is 2. The Morgan fingerprint density at radius 1 is 0.850 bits per heavy atom. The number of carboxylic acids is 1. The third-order valence-electron chi connectivity index (χ3n) is 3.42. The highest BCUT2D eigenvalue weighted by Crippen LogP contribution is 2.13. The Morgan fingerprint density at radius 2 is 1.30 bits per heavy atom. The van der Waals surface area contributed by atoms with Gasteiger partial charge in [0, 0.05) is 6.08 Å². The fourth-order valence-electron chi connectivity index (χ4n) is 2.20. The summed E-state index contributed by atoms with van der Waals surface area (Å²) in [6, 6.07) is 0. The topological polar surface area (TPSA) is 37.3 Å². The minimum Gasteiger partial charge on any atom is -0.478 e. The summed E-state index contributed by atoms with van der Waals surface area (Å²) in [7, 11) is 0. The number of unbranched alkanes of at least 4 members (excludes halogenated alkanes) is 11. The maximum atomic E-state index is 10.2. The van der Waals surface area contributed by atoms with Crippen LogP contribution >= 0.6 is 11.8 Å². The monoisotopic (exact) mass is 300 g/mol. The van der Waals surface area contributed by atoms with Gasteiger partial charge in [0.2, 0.25) is 0 Å². The van der Waals surface area contributed by atoms with Crippen molar-refractivity contribution < 1.29 is 9.90 Å². The minimum absolute atomic E-state index is 0.854. The largest absolute Gasteiger partial charge is 0.478 e. The first-order valence-corrected chi connectivity index (χ1v) is 9.33. The van der Waals surface area contributed by atoms with Gasteiger partial charge in [-0.15, -0.1) is 11.8 Å². The van der Waals surface area contributed by atoms with E-state index in [9.17, 15) is 4.79 Å². The zero-order chi connectivity index (χ0) is 14.9. The van der Waals surface area contributed by atoms with Gasteiger partial charge in [-0.3, -0.25) is 0 Å². The van der Waals surface area contributed by atoms with Crippen molar-refractivity contribution >= 4 is 17.7 Å². The molecule has 0 aromatic rings. The van der Waals surface area contributed by atoms with E-state index < -0.39 is 5.97 Å². The van der Waals surface area contributed by atoms with Crippen molar-refractivity contribution in [3.63, 3.8) is 0 Å². The lowest BCUT2D eigenvalue weighted by atomic mass is 10.1. The van der Waals surface area contributed by atoms with Crippen molar-refractivity contribution in [3.05, 3.63) is 11.5 Å². The number of carbonyl (C=O) groups is 1. The molecule has 0 amide bonds.